The fraction of sp³-hybridized carbons (Fsp3) is 0.800. The summed E-state index contributed by atoms with van der Waals surface area (Å²) in [5.74, 6) is 0. The maximum Gasteiger partial charge on any atom is 0.0233 e. The van der Waals surface area contributed by atoms with Gasteiger partial charge in [0.1, 0.15) is 0 Å². The summed E-state index contributed by atoms with van der Waals surface area (Å²) < 4.78 is 0. The van der Waals surface area contributed by atoms with Crippen molar-refractivity contribution in [3.8, 4) is 0 Å². The Labute approximate surface area is 233 Å². The van der Waals surface area contributed by atoms with Crippen LogP contribution in [0.3, 0.4) is 0 Å². The number of hydrogen-bond donors (Lipinski definition) is 6. The highest BCUT2D eigenvalue weighted by atomic mass is 15.1. The molecule has 0 bridgehead atoms. The Balaban J connectivity index is 1.50. The second-order valence-corrected chi connectivity index (χ2v) is 11.0. The van der Waals surface area contributed by atoms with E-state index in [0.717, 1.165) is 118 Å². The molecule has 0 atom stereocenters. The first kappa shape index (κ1) is 31.4. The lowest BCUT2D eigenvalue weighted by molar-refractivity contribution is 0.253. The van der Waals surface area contributed by atoms with Gasteiger partial charge in [-0.25, -0.2) is 0 Å². The molecule has 0 amide bonds. The molecule has 38 heavy (non-hydrogen) atoms. The second kappa shape index (κ2) is 21.7. The van der Waals surface area contributed by atoms with Gasteiger partial charge in [-0.1, -0.05) is 24.3 Å². The van der Waals surface area contributed by atoms with Crippen LogP contribution in [0.1, 0.15) is 49.7 Å². The lowest BCUT2D eigenvalue weighted by Crippen LogP contribution is -2.32. The van der Waals surface area contributed by atoms with E-state index in [-0.39, 0.29) is 0 Å². The smallest absolute Gasteiger partial charge is 0.0233 e. The zero-order chi connectivity index (χ0) is 26.4. The van der Waals surface area contributed by atoms with E-state index in [2.05, 4.69) is 66.0 Å². The molecule has 2 fully saturated rings. The molecule has 0 aromatic heterocycles. The van der Waals surface area contributed by atoms with E-state index in [1.165, 1.54) is 49.7 Å². The molecule has 8 nitrogen and oxygen atoms in total. The van der Waals surface area contributed by atoms with E-state index in [4.69, 9.17) is 0 Å². The van der Waals surface area contributed by atoms with E-state index in [9.17, 15) is 0 Å². The van der Waals surface area contributed by atoms with Gasteiger partial charge in [-0.3, -0.25) is 9.80 Å². The Morgan fingerprint density at radius 2 is 0.737 bits per heavy atom. The van der Waals surface area contributed by atoms with Gasteiger partial charge in [0.25, 0.3) is 0 Å². The van der Waals surface area contributed by atoms with Gasteiger partial charge in [-0.2, -0.15) is 0 Å². The highest BCUT2D eigenvalue weighted by Crippen LogP contribution is 2.12. The van der Waals surface area contributed by atoms with Crippen molar-refractivity contribution < 1.29 is 0 Å². The molecule has 8 heteroatoms. The van der Waals surface area contributed by atoms with Crippen molar-refractivity contribution in [2.75, 3.05) is 105 Å². The van der Waals surface area contributed by atoms with Crippen LogP contribution in [0.15, 0.2) is 24.3 Å². The minimum Gasteiger partial charge on any atom is -0.317 e. The van der Waals surface area contributed by atoms with E-state index < -0.39 is 0 Å². The van der Waals surface area contributed by atoms with Crippen molar-refractivity contribution in [2.45, 2.75) is 51.6 Å². The van der Waals surface area contributed by atoms with Crippen LogP contribution in [0.4, 0.5) is 0 Å². The maximum atomic E-state index is 3.63. The molecule has 218 valence electrons. The largest absolute Gasteiger partial charge is 0.317 e. The van der Waals surface area contributed by atoms with Crippen LogP contribution in [0.5, 0.6) is 0 Å². The van der Waals surface area contributed by atoms with Gasteiger partial charge in [0.15, 0.2) is 0 Å². The lowest BCUT2D eigenvalue weighted by Gasteiger charge is -2.25. The molecule has 0 radical (unpaired) electrons. The summed E-state index contributed by atoms with van der Waals surface area (Å²) in [7, 11) is 0. The predicted molar refractivity (Wildman–Crippen MR) is 162 cm³/mol. The molecule has 0 spiro atoms. The van der Waals surface area contributed by atoms with Crippen molar-refractivity contribution in [2.24, 2.45) is 0 Å². The summed E-state index contributed by atoms with van der Waals surface area (Å²) in [6, 6.07) is 9.40. The van der Waals surface area contributed by atoms with Crippen LogP contribution in [0.2, 0.25) is 0 Å². The summed E-state index contributed by atoms with van der Waals surface area (Å²) >= 11 is 0. The van der Waals surface area contributed by atoms with E-state index in [0.29, 0.717) is 0 Å². The predicted octanol–water partition coefficient (Wildman–Crippen LogP) is 1.20. The molecule has 0 aliphatic carbocycles. The number of nitrogens with zero attached hydrogens (tertiary/aromatic N) is 2. The fourth-order valence-electron chi connectivity index (χ4n) is 5.37. The van der Waals surface area contributed by atoms with Crippen molar-refractivity contribution in [1.29, 1.82) is 0 Å². The van der Waals surface area contributed by atoms with Crippen LogP contribution in [-0.2, 0) is 13.1 Å². The lowest BCUT2D eigenvalue weighted by atomic mass is 10.1. The minimum atomic E-state index is 1.05. The van der Waals surface area contributed by atoms with Crippen molar-refractivity contribution in [1.82, 2.24) is 41.7 Å². The Hall–Kier alpha value is -1.10. The summed E-state index contributed by atoms with van der Waals surface area (Å²) in [4.78, 5) is 5.33. The zero-order valence-corrected chi connectivity index (χ0v) is 24.2. The molecule has 3 rings (SSSR count). The highest BCUT2D eigenvalue weighted by molar-refractivity contribution is 5.23. The Kier molecular flexibility index (Phi) is 17.9. The monoisotopic (exact) mass is 530 g/mol. The van der Waals surface area contributed by atoms with Crippen LogP contribution < -0.4 is 31.9 Å². The van der Waals surface area contributed by atoms with Crippen LogP contribution in [0, 0.1) is 0 Å². The van der Waals surface area contributed by atoms with Crippen LogP contribution >= 0.6 is 0 Å². The molecule has 1 aromatic rings. The summed E-state index contributed by atoms with van der Waals surface area (Å²) in [6.45, 7) is 19.9. The molecule has 2 saturated heterocycles. The molecule has 2 heterocycles. The van der Waals surface area contributed by atoms with Crippen LogP contribution in [-0.4, -0.2) is 115 Å². The van der Waals surface area contributed by atoms with Crippen LogP contribution in [0.25, 0.3) is 0 Å². The Morgan fingerprint density at radius 1 is 0.421 bits per heavy atom. The number of rotatable bonds is 4. The molecule has 0 unspecified atom stereocenters. The summed E-state index contributed by atoms with van der Waals surface area (Å²) in [6.07, 6.45) is 7.26. The standard InChI is InChI=1S/C30H58N8/c1-8-29(27-37-22-4-14-31-10-2-12-33-18-20-35-16-6-24-37)26-30(9-1)28-38-23-5-15-32-11-3-13-34-19-21-36-17-7-25-38/h1,8-9,26,31-36H,2-7,10-25,27-28H2. The Bertz CT molecular complexity index is 603. The van der Waals surface area contributed by atoms with Gasteiger partial charge >= 0.3 is 0 Å². The Morgan fingerprint density at radius 3 is 1.11 bits per heavy atom. The first-order chi connectivity index (χ1) is 18.9. The topological polar surface area (TPSA) is 78.7 Å². The molecule has 2 aliphatic heterocycles. The van der Waals surface area contributed by atoms with E-state index in [1.807, 2.05) is 0 Å². The third-order valence-corrected chi connectivity index (χ3v) is 7.49. The van der Waals surface area contributed by atoms with Gasteiger partial charge in [0.2, 0.25) is 0 Å². The zero-order valence-electron chi connectivity index (χ0n) is 24.2. The number of nitrogens with one attached hydrogen (secondary N) is 6. The molecular weight excluding hydrogens is 472 g/mol. The minimum absolute atomic E-state index is 1.05. The van der Waals surface area contributed by atoms with Gasteiger partial charge in [-0.15, -0.1) is 0 Å². The normalized spacial score (nSPS) is 22.9. The third-order valence-electron chi connectivity index (χ3n) is 7.49. The van der Waals surface area contributed by atoms with Crippen molar-refractivity contribution in [3.63, 3.8) is 0 Å². The maximum absolute atomic E-state index is 3.63. The quantitative estimate of drug-likeness (QED) is 0.347. The van der Waals surface area contributed by atoms with Crippen molar-refractivity contribution in [3.05, 3.63) is 35.4 Å². The molecule has 2 aliphatic rings. The van der Waals surface area contributed by atoms with Crippen molar-refractivity contribution >= 4 is 0 Å². The van der Waals surface area contributed by atoms with Gasteiger partial charge in [0, 0.05) is 39.3 Å². The van der Waals surface area contributed by atoms with Gasteiger partial charge in [0.05, 0.1) is 0 Å². The molecule has 0 saturated carbocycles. The first-order valence-electron chi connectivity index (χ1n) is 15.7. The van der Waals surface area contributed by atoms with Gasteiger partial charge in [-0.05, 0) is 128 Å². The molecule has 1 aromatic carbocycles. The fourth-order valence-corrected chi connectivity index (χ4v) is 5.37. The highest BCUT2D eigenvalue weighted by Gasteiger charge is 2.10. The van der Waals surface area contributed by atoms with E-state index >= 15 is 0 Å². The summed E-state index contributed by atoms with van der Waals surface area (Å²) in [5.41, 5.74) is 2.92. The first-order valence-corrected chi connectivity index (χ1v) is 15.7. The SMILES string of the molecule is c1cc(CN2CCCNCCCNCCNCCC2)cc(CN2CCCNCCCNCCNCCC2)c1. The number of benzene rings is 1. The molecular formula is C30H58N8. The second-order valence-electron chi connectivity index (χ2n) is 11.0. The van der Waals surface area contributed by atoms with Gasteiger partial charge < -0.3 is 31.9 Å². The summed E-state index contributed by atoms with van der Waals surface area (Å²) in [5, 5.41) is 21.5. The third kappa shape index (κ3) is 15.5. The number of hydrogen-bond acceptors (Lipinski definition) is 8. The van der Waals surface area contributed by atoms with E-state index in [1.54, 1.807) is 0 Å². The average molecular weight is 531 g/mol. The molecule has 6 N–H and O–H groups in total. The average Bonchev–Trinajstić information content (AvgIpc) is 2.94.